The average Bonchev–Trinajstić information content (AvgIpc) is 2.29. The zero-order valence-electron chi connectivity index (χ0n) is 10.2. The van der Waals surface area contributed by atoms with Gasteiger partial charge in [-0.05, 0) is 31.3 Å². The number of primary amides is 1. The Morgan fingerprint density at radius 2 is 1.94 bits per heavy atom. The van der Waals surface area contributed by atoms with Crippen LogP contribution in [0.1, 0.15) is 0 Å². The van der Waals surface area contributed by atoms with Crippen molar-refractivity contribution in [3.63, 3.8) is 0 Å². The van der Waals surface area contributed by atoms with E-state index in [0.717, 1.165) is 4.90 Å². The van der Waals surface area contributed by atoms with Crippen LogP contribution in [0.25, 0.3) is 0 Å². The third-order valence-electron chi connectivity index (χ3n) is 2.36. The first kappa shape index (κ1) is 15.0. The molecular weight excluding hydrogens is 272 g/mol. The summed E-state index contributed by atoms with van der Waals surface area (Å²) in [6.07, 6.45) is 1.17. The number of likely N-dealkylation sites (N-methyl/N-ethyl adjacent to an activating group) is 1. The molecular formula is C11H16N2O3S2. The molecule has 100 valence electrons. The lowest BCUT2D eigenvalue weighted by Gasteiger charge is -2.11. The number of carbonyl (C=O) groups is 1. The summed E-state index contributed by atoms with van der Waals surface area (Å²) < 4.78 is 22.5. The number of nitrogens with two attached hydrogens (primary N) is 1. The van der Waals surface area contributed by atoms with Crippen molar-refractivity contribution in [2.45, 2.75) is 15.8 Å². The summed E-state index contributed by atoms with van der Waals surface area (Å²) in [6, 6.07) is 6.14. The minimum absolute atomic E-state index is 0.284. The van der Waals surface area contributed by atoms with E-state index >= 15 is 0 Å². The molecule has 1 aromatic carbocycles. The highest BCUT2D eigenvalue weighted by Crippen LogP contribution is 2.20. The van der Waals surface area contributed by atoms with Crippen molar-refractivity contribution in [1.29, 1.82) is 0 Å². The molecule has 0 heterocycles. The minimum Gasteiger partial charge on any atom is -0.368 e. The van der Waals surface area contributed by atoms with Gasteiger partial charge in [0.15, 0.2) is 9.84 Å². The highest BCUT2D eigenvalue weighted by molar-refractivity contribution is 7.99. The Labute approximate surface area is 111 Å². The molecule has 3 N–H and O–H groups in total. The SMILES string of the molecule is CNC(CSc1ccc(S(C)(=O)=O)cc1)C(N)=O. The monoisotopic (exact) mass is 288 g/mol. The van der Waals surface area contributed by atoms with Crippen LogP contribution >= 0.6 is 11.8 Å². The fourth-order valence-electron chi connectivity index (χ4n) is 1.27. The quantitative estimate of drug-likeness (QED) is 0.733. The second-order valence-corrected chi connectivity index (χ2v) is 6.91. The van der Waals surface area contributed by atoms with Gasteiger partial charge in [0, 0.05) is 16.9 Å². The molecule has 7 heteroatoms. The molecule has 0 spiro atoms. The summed E-state index contributed by atoms with van der Waals surface area (Å²) >= 11 is 1.44. The van der Waals surface area contributed by atoms with Gasteiger partial charge in [-0.1, -0.05) is 0 Å². The van der Waals surface area contributed by atoms with Gasteiger partial charge in [0.25, 0.3) is 0 Å². The number of hydrogen-bond acceptors (Lipinski definition) is 5. The Kier molecular flexibility index (Phi) is 5.18. The zero-order chi connectivity index (χ0) is 13.8. The van der Waals surface area contributed by atoms with Crippen LogP contribution in [0.2, 0.25) is 0 Å². The van der Waals surface area contributed by atoms with Crippen LogP contribution in [0.5, 0.6) is 0 Å². The largest absolute Gasteiger partial charge is 0.368 e. The highest BCUT2D eigenvalue weighted by atomic mass is 32.2. The molecule has 1 atom stereocenters. The number of thioether (sulfide) groups is 1. The fourth-order valence-corrected chi connectivity index (χ4v) is 2.92. The van der Waals surface area contributed by atoms with Crippen LogP contribution in [-0.2, 0) is 14.6 Å². The molecule has 1 amide bonds. The van der Waals surface area contributed by atoms with Gasteiger partial charge in [-0.25, -0.2) is 8.42 Å². The molecule has 1 rings (SSSR count). The minimum atomic E-state index is -3.16. The summed E-state index contributed by atoms with van der Waals surface area (Å²) in [5, 5.41) is 2.82. The molecule has 0 saturated carbocycles. The molecule has 0 saturated heterocycles. The van der Waals surface area contributed by atoms with E-state index in [1.165, 1.54) is 18.0 Å². The Morgan fingerprint density at radius 3 is 2.33 bits per heavy atom. The van der Waals surface area contributed by atoms with Crippen LogP contribution < -0.4 is 11.1 Å². The van der Waals surface area contributed by atoms with Gasteiger partial charge in [-0.2, -0.15) is 0 Å². The van der Waals surface area contributed by atoms with Gasteiger partial charge in [0.2, 0.25) is 5.91 Å². The van der Waals surface area contributed by atoms with Gasteiger partial charge in [0.05, 0.1) is 10.9 Å². The van der Waals surface area contributed by atoms with Gasteiger partial charge < -0.3 is 11.1 Å². The Bertz CT molecular complexity index is 512. The van der Waals surface area contributed by atoms with Crippen molar-refractivity contribution in [3.05, 3.63) is 24.3 Å². The van der Waals surface area contributed by atoms with E-state index in [1.54, 1.807) is 31.3 Å². The number of benzene rings is 1. The van der Waals surface area contributed by atoms with Crippen molar-refractivity contribution in [1.82, 2.24) is 5.32 Å². The van der Waals surface area contributed by atoms with Crippen LogP contribution in [0.3, 0.4) is 0 Å². The van der Waals surface area contributed by atoms with E-state index in [0.29, 0.717) is 5.75 Å². The molecule has 0 aromatic heterocycles. The maximum absolute atomic E-state index is 11.3. The first-order valence-corrected chi connectivity index (χ1v) is 8.12. The van der Waals surface area contributed by atoms with Crippen molar-refractivity contribution in [3.8, 4) is 0 Å². The van der Waals surface area contributed by atoms with E-state index < -0.39 is 21.8 Å². The summed E-state index contributed by atoms with van der Waals surface area (Å²) in [5.74, 6) is 0.0992. The number of rotatable bonds is 6. The maximum atomic E-state index is 11.3. The number of nitrogens with one attached hydrogen (secondary N) is 1. The smallest absolute Gasteiger partial charge is 0.235 e. The van der Waals surface area contributed by atoms with Gasteiger partial charge in [-0.3, -0.25) is 4.79 Å². The van der Waals surface area contributed by atoms with Crippen molar-refractivity contribution in [2.24, 2.45) is 5.73 Å². The van der Waals surface area contributed by atoms with Crippen LogP contribution in [-0.4, -0.2) is 39.4 Å². The summed E-state index contributed by atoms with van der Waals surface area (Å²) in [5.41, 5.74) is 5.20. The summed E-state index contributed by atoms with van der Waals surface area (Å²) in [4.78, 5) is 12.2. The van der Waals surface area contributed by atoms with E-state index in [1.807, 2.05) is 0 Å². The normalized spacial score (nSPS) is 13.2. The third kappa shape index (κ3) is 4.32. The number of amides is 1. The first-order chi connectivity index (χ1) is 8.34. The molecule has 0 radical (unpaired) electrons. The van der Waals surface area contributed by atoms with Gasteiger partial charge >= 0.3 is 0 Å². The molecule has 0 fully saturated rings. The van der Waals surface area contributed by atoms with E-state index in [2.05, 4.69) is 5.32 Å². The lowest BCUT2D eigenvalue weighted by molar-refractivity contribution is -0.119. The second kappa shape index (κ2) is 6.21. The highest BCUT2D eigenvalue weighted by Gasteiger charge is 2.13. The zero-order valence-corrected chi connectivity index (χ0v) is 11.8. The molecule has 0 aliphatic heterocycles. The van der Waals surface area contributed by atoms with E-state index in [9.17, 15) is 13.2 Å². The maximum Gasteiger partial charge on any atom is 0.235 e. The summed E-state index contributed by atoms with van der Waals surface area (Å²) in [6.45, 7) is 0. The van der Waals surface area contributed by atoms with Gasteiger partial charge in [-0.15, -0.1) is 11.8 Å². The molecule has 1 aromatic rings. The molecule has 0 aliphatic carbocycles. The average molecular weight is 288 g/mol. The fraction of sp³-hybridized carbons (Fsp3) is 0.364. The van der Waals surface area contributed by atoms with Crippen molar-refractivity contribution in [2.75, 3.05) is 19.1 Å². The van der Waals surface area contributed by atoms with Crippen molar-refractivity contribution < 1.29 is 13.2 Å². The molecule has 1 unspecified atom stereocenters. The summed E-state index contributed by atoms with van der Waals surface area (Å²) in [7, 11) is -1.50. The molecule has 18 heavy (non-hydrogen) atoms. The topological polar surface area (TPSA) is 89.3 Å². The number of sulfone groups is 1. The predicted octanol–water partition coefficient (Wildman–Crippen LogP) is 0.255. The Hall–Kier alpha value is -1.05. The first-order valence-electron chi connectivity index (χ1n) is 5.24. The molecule has 5 nitrogen and oxygen atoms in total. The van der Waals surface area contributed by atoms with E-state index in [4.69, 9.17) is 5.73 Å². The molecule has 0 bridgehead atoms. The number of carbonyl (C=O) groups excluding carboxylic acids is 1. The predicted molar refractivity (Wildman–Crippen MR) is 72.3 cm³/mol. The lowest BCUT2D eigenvalue weighted by atomic mass is 10.3. The third-order valence-corrected chi connectivity index (χ3v) is 4.59. The van der Waals surface area contributed by atoms with Crippen LogP contribution in [0, 0.1) is 0 Å². The Morgan fingerprint density at radius 1 is 1.39 bits per heavy atom. The van der Waals surface area contributed by atoms with Gasteiger partial charge in [0.1, 0.15) is 0 Å². The van der Waals surface area contributed by atoms with E-state index in [-0.39, 0.29) is 4.90 Å². The van der Waals surface area contributed by atoms with Crippen molar-refractivity contribution >= 4 is 27.5 Å². The standard InChI is InChI=1S/C11H16N2O3S2/c1-13-10(11(12)14)7-17-8-3-5-9(6-4-8)18(2,15)16/h3-6,10,13H,7H2,1-2H3,(H2,12,14). The lowest BCUT2D eigenvalue weighted by Crippen LogP contribution is -2.41. The Balaban J connectivity index is 2.67. The molecule has 0 aliphatic rings. The van der Waals surface area contributed by atoms with Crippen LogP contribution in [0.15, 0.2) is 34.1 Å². The van der Waals surface area contributed by atoms with Crippen LogP contribution in [0.4, 0.5) is 0 Å². The number of hydrogen-bond donors (Lipinski definition) is 2. The second-order valence-electron chi connectivity index (χ2n) is 3.80.